The maximum atomic E-state index is 13.3. The minimum Gasteiger partial charge on any atom is -0.496 e. The molecule has 0 spiro atoms. The average molecular weight is 594 g/mol. The fourth-order valence-electron chi connectivity index (χ4n) is 4.92. The highest BCUT2D eigenvalue weighted by atomic mass is 79.9. The van der Waals surface area contributed by atoms with Gasteiger partial charge in [0.15, 0.2) is 5.82 Å². The summed E-state index contributed by atoms with van der Waals surface area (Å²) in [5.74, 6) is 0.760. The smallest absolute Gasteiger partial charge is 0.332 e. The standard InChI is InChI=1S/C27H25BrN6O3S/c1-37-20-10-9-18(13-19(20)28)34-24-21-22(32-27(34)36)23(38-26(21)30-15-29-24)25(35)31-17-7-5-16(6-8-17)14-33-11-3-2-4-12-33/h5-10,13,15H,2-4,11-12,14H2,1H3,(H,31,35)(H,32,36). The first-order chi connectivity index (χ1) is 18.5. The van der Waals surface area contributed by atoms with Crippen molar-refractivity contribution in [2.75, 3.05) is 35.7 Å². The molecule has 2 aliphatic heterocycles. The molecule has 2 aromatic heterocycles. The van der Waals surface area contributed by atoms with Crippen LogP contribution in [0.15, 0.2) is 53.3 Å². The fraction of sp³-hybridized carbons (Fsp3) is 0.259. The van der Waals surface area contributed by atoms with Crippen LogP contribution in [0.4, 0.5) is 27.7 Å². The summed E-state index contributed by atoms with van der Waals surface area (Å²) in [6, 6.07) is 12.9. The zero-order valence-corrected chi connectivity index (χ0v) is 23.1. The minimum atomic E-state index is -0.413. The number of nitrogens with one attached hydrogen (secondary N) is 2. The van der Waals surface area contributed by atoms with E-state index < -0.39 is 6.03 Å². The molecule has 9 nitrogen and oxygen atoms in total. The molecule has 194 valence electrons. The Morgan fingerprint density at radius 3 is 2.66 bits per heavy atom. The molecule has 0 saturated carbocycles. The summed E-state index contributed by atoms with van der Waals surface area (Å²) in [4.78, 5) is 40.3. The third kappa shape index (κ3) is 4.61. The molecule has 0 bridgehead atoms. The van der Waals surface area contributed by atoms with Gasteiger partial charge in [-0.2, -0.15) is 0 Å². The lowest BCUT2D eigenvalue weighted by atomic mass is 10.1. The van der Waals surface area contributed by atoms with Crippen LogP contribution in [0.25, 0.3) is 10.2 Å². The number of amides is 3. The molecule has 0 aliphatic carbocycles. The van der Waals surface area contributed by atoms with Gasteiger partial charge in [0, 0.05) is 12.2 Å². The number of benzene rings is 2. The zero-order chi connectivity index (χ0) is 26.2. The van der Waals surface area contributed by atoms with Crippen LogP contribution >= 0.6 is 27.3 Å². The van der Waals surface area contributed by atoms with Gasteiger partial charge in [-0.3, -0.25) is 9.69 Å². The Hall–Kier alpha value is -3.54. The number of methoxy groups -OCH3 is 1. The number of anilines is 4. The molecule has 1 saturated heterocycles. The topological polar surface area (TPSA) is 99.7 Å². The molecule has 4 aromatic rings. The second kappa shape index (κ2) is 10.3. The highest BCUT2D eigenvalue weighted by Crippen LogP contribution is 2.45. The van der Waals surface area contributed by atoms with Gasteiger partial charge in [0.1, 0.15) is 21.8 Å². The number of hydrogen-bond acceptors (Lipinski definition) is 7. The highest BCUT2D eigenvalue weighted by Gasteiger charge is 2.34. The van der Waals surface area contributed by atoms with E-state index in [1.807, 2.05) is 12.1 Å². The van der Waals surface area contributed by atoms with Gasteiger partial charge >= 0.3 is 6.03 Å². The van der Waals surface area contributed by atoms with Crippen molar-refractivity contribution in [2.45, 2.75) is 25.8 Å². The first-order valence-corrected chi connectivity index (χ1v) is 14.0. The Bertz CT molecular complexity index is 1530. The van der Waals surface area contributed by atoms with Crippen LogP contribution in [0.2, 0.25) is 0 Å². The fourth-order valence-corrected chi connectivity index (χ4v) is 6.43. The molecule has 2 N–H and O–H groups in total. The predicted molar refractivity (Wildman–Crippen MR) is 153 cm³/mol. The predicted octanol–water partition coefficient (Wildman–Crippen LogP) is 6.38. The minimum absolute atomic E-state index is 0.307. The van der Waals surface area contributed by atoms with Crippen molar-refractivity contribution < 1.29 is 14.3 Å². The summed E-state index contributed by atoms with van der Waals surface area (Å²) < 4.78 is 6.01. The van der Waals surface area contributed by atoms with Crippen molar-refractivity contribution in [2.24, 2.45) is 0 Å². The highest BCUT2D eigenvalue weighted by molar-refractivity contribution is 9.10. The van der Waals surface area contributed by atoms with Crippen molar-refractivity contribution in [3.63, 3.8) is 0 Å². The van der Waals surface area contributed by atoms with Crippen molar-refractivity contribution in [3.8, 4) is 5.75 Å². The Morgan fingerprint density at radius 2 is 1.92 bits per heavy atom. The molecular weight excluding hydrogens is 568 g/mol. The number of urea groups is 1. The second-order valence-electron chi connectivity index (χ2n) is 9.26. The number of carbonyl (C=O) groups is 2. The first kappa shape index (κ1) is 24.8. The Labute approximate surface area is 232 Å². The van der Waals surface area contributed by atoms with Gasteiger partial charge in [-0.05, 0) is 77.8 Å². The van der Waals surface area contributed by atoms with E-state index in [1.165, 1.54) is 47.4 Å². The molecule has 0 unspecified atom stereocenters. The summed E-state index contributed by atoms with van der Waals surface area (Å²) in [5.41, 5.74) is 2.94. The Kier molecular flexibility index (Phi) is 6.73. The van der Waals surface area contributed by atoms with Crippen LogP contribution in [-0.2, 0) is 6.54 Å². The largest absolute Gasteiger partial charge is 0.496 e. The average Bonchev–Trinajstić information content (AvgIpc) is 3.30. The van der Waals surface area contributed by atoms with Gasteiger partial charge < -0.3 is 15.4 Å². The van der Waals surface area contributed by atoms with Gasteiger partial charge in [-0.25, -0.2) is 19.7 Å². The summed E-state index contributed by atoms with van der Waals surface area (Å²) in [5, 5.41) is 6.50. The maximum Gasteiger partial charge on any atom is 0.332 e. The summed E-state index contributed by atoms with van der Waals surface area (Å²) in [6.07, 6.45) is 5.23. The second-order valence-corrected chi connectivity index (χ2v) is 11.1. The molecule has 4 heterocycles. The lowest BCUT2D eigenvalue weighted by molar-refractivity contribution is 0.103. The van der Waals surface area contributed by atoms with Crippen LogP contribution in [0.5, 0.6) is 5.75 Å². The molecule has 0 atom stereocenters. The molecule has 11 heteroatoms. The van der Waals surface area contributed by atoms with Crippen LogP contribution in [0, 0.1) is 0 Å². The van der Waals surface area contributed by atoms with E-state index in [-0.39, 0.29) is 5.91 Å². The number of carbonyl (C=O) groups excluding carboxylic acids is 2. The number of rotatable bonds is 6. The monoisotopic (exact) mass is 592 g/mol. The number of halogens is 1. The number of ether oxygens (including phenoxy) is 1. The van der Waals surface area contributed by atoms with Crippen LogP contribution in [0.1, 0.15) is 34.5 Å². The summed E-state index contributed by atoms with van der Waals surface area (Å²) in [7, 11) is 1.58. The molecule has 3 amide bonds. The quantitative estimate of drug-likeness (QED) is 0.269. The van der Waals surface area contributed by atoms with E-state index in [0.717, 1.165) is 19.6 Å². The third-order valence-electron chi connectivity index (χ3n) is 6.78. The van der Waals surface area contributed by atoms with Gasteiger partial charge in [0.05, 0.1) is 28.3 Å². The number of piperidine rings is 1. The van der Waals surface area contributed by atoms with E-state index >= 15 is 0 Å². The van der Waals surface area contributed by atoms with E-state index in [0.29, 0.717) is 48.2 Å². The normalized spacial score (nSPS) is 15.4. The molecule has 38 heavy (non-hydrogen) atoms. The van der Waals surface area contributed by atoms with Gasteiger partial charge in [0.2, 0.25) is 0 Å². The number of thiophene rings is 1. The summed E-state index contributed by atoms with van der Waals surface area (Å²) >= 11 is 4.70. The Balaban J connectivity index is 1.26. The van der Waals surface area contributed by atoms with Gasteiger partial charge in [0.25, 0.3) is 5.91 Å². The number of aromatic nitrogens is 2. The first-order valence-electron chi connectivity index (χ1n) is 12.4. The SMILES string of the molecule is COc1ccc(N2C(=O)Nc3c(C(=O)Nc4ccc(CN5CCCCC5)cc4)sc4ncnc2c34)cc1Br. The molecule has 2 aliphatic rings. The molecule has 0 radical (unpaired) electrons. The number of hydrogen-bond donors (Lipinski definition) is 2. The van der Waals surface area contributed by atoms with Crippen molar-refractivity contribution in [1.82, 2.24) is 14.9 Å². The lowest BCUT2D eigenvalue weighted by Crippen LogP contribution is -2.35. The maximum absolute atomic E-state index is 13.3. The van der Waals surface area contributed by atoms with Crippen LogP contribution in [0.3, 0.4) is 0 Å². The molecule has 2 aromatic carbocycles. The number of nitrogens with zero attached hydrogens (tertiary/aromatic N) is 4. The van der Waals surface area contributed by atoms with E-state index in [9.17, 15) is 9.59 Å². The Morgan fingerprint density at radius 1 is 1.13 bits per heavy atom. The van der Waals surface area contributed by atoms with E-state index in [1.54, 1.807) is 25.3 Å². The third-order valence-corrected chi connectivity index (χ3v) is 8.50. The van der Waals surface area contributed by atoms with Crippen molar-refractivity contribution in [1.29, 1.82) is 0 Å². The van der Waals surface area contributed by atoms with Crippen molar-refractivity contribution in [3.05, 3.63) is 63.7 Å². The zero-order valence-electron chi connectivity index (χ0n) is 20.7. The lowest BCUT2D eigenvalue weighted by Gasteiger charge is -2.27. The summed E-state index contributed by atoms with van der Waals surface area (Å²) in [6.45, 7) is 3.19. The van der Waals surface area contributed by atoms with E-state index in [2.05, 4.69) is 53.6 Å². The van der Waals surface area contributed by atoms with Crippen LogP contribution in [-0.4, -0.2) is 47.0 Å². The van der Waals surface area contributed by atoms with Crippen molar-refractivity contribution >= 4 is 72.3 Å². The molecule has 1 fully saturated rings. The van der Waals surface area contributed by atoms with Gasteiger partial charge in [-0.15, -0.1) is 11.3 Å². The van der Waals surface area contributed by atoms with Crippen LogP contribution < -0.4 is 20.3 Å². The van der Waals surface area contributed by atoms with Gasteiger partial charge in [-0.1, -0.05) is 18.6 Å². The van der Waals surface area contributed by atoms with E-state index in [4.69, 9.17) is 4.74 Å². The number of likely N-dealkylation sites (tertiary alicyclic amines) is 1. The molecule has 6 rings (SSSR count). The molecular formula is C27H25BrN6O3S.